The van der Waals surface area contributed by atoms with E-state index in [1.165, 1.54) is 10.9 Å². The van der Waals surface area contributed by atoms with E-state index in [1.807, 2.05) is 18.3 Å². The summed E-state index contributed by atoms with van der Waals surface area (Å²) in [4.78, 5) is 8.95. The van der Waals surface area contributed by atoms with Crippen LogP contribution in [-0.2, 0) is 12.8 Å². The van der Waals surface area contributed by atoms with Crippen LogP contribution in [0.15, 0.2) is 54.9 Å². The molecule has 4 nitrogen and oxygen atoms in total. The summed E-state index contributed by atoms with van der Waals surface area (Å²) in [5, 5.41) is 9.44. The van der Waals surface area contributed by atoms with E-state index in [1.54, 1.807) is 6.20 Å². The molecular weight excluding hydrogens is 272 g/mol. The minimum absolute atomic E-state index is 0.830. The molecule has 1 aromatic carbocycles. The zero-order valence-corrected chi connectivity index (χ0v) is 12.2. The Bertz CT molecular complexity index is 926. The van der Waals surface area contributed by atoms with Crippen molar-refractivity contribution >= 4 is 21.9 Å². The summed E-state index contributed by atoms with van der Waals surface area (Å²) in [6.45, 7) is 0. The Hall–Kier alpha value is -2.75. The molecule has 0 radical (unpaired) electrons. The molecule has 0 amide bonds. The molecule has 0 fully saturated rings. The van der Waals surface area contributed by atoms with Crippen LogP contribution in [0.3, 0.4) is 0 Å². The fourth-order valence-corrected chi connectivity index (χ4v) is 2.84. The maximum Gasteiger partial charge on any atom is 0.159 e. The molecule has 108 valence electrons. The maximum atomic E-state index is 4.63. The topological polar surface area (TPSA) is 54.5 Å². The lowest BCUT2D eigenvalue weighted by Crippen LogP contribution is -1.95. The lowest BCUT2D eigenvalue weighted by Gasteiger charge is -2.04. The number of rotatable bonds is 4. The first-order chi connectivity index (χ1) is 10.9. The van der Waals surface area contributed by atoms with Crippen molar-refractivity contribution in [3.8, 4) is 0 Å². The Morgan fingerprint density at radius 3 is 2.95 bits per heavy atom. The van der Waals surface area contributed by atoms with Crippen molar-refractivity contribution in [3.63, 3.8) is 0 Å². The predicted molar refractivity (Wildman–Crippen MR) is 87.7 cm³/mol. The van der Waals surface area contributed by atoms with E-state index in [4.69, 9.17) is 0 Å². The van der Waals surface area contributed by atoms with Gasteiger partial charge in [-0.25, -0.2) is 9.97 Å². The molecule has 0 bridgehead atoms. The largest absolute Gasteiger partial charge is 0.278 e. The minimum atomic E-state index is 0.830. The number of aromatic amines is 1. The van der Waals surface area contributed by atoms with Crippen LogP contribution < -0.4 is 0 Å². The first-order valence-electron chi connectivity index (χ1n) is 7.52. The summed E-state index contributed by atoms with van der Waals surface area (Å²) in [6, 6.07) is 14.5. The summed E-state index contributed by atoms with van der Waals surface area (Å²) >= 11 is 0. The Balaban J connectivity index is 1.49. The smallest absolute Gasteiger partial charge is 0.159 e. The molecule has 0 aliphatic heterocycles. The summed E-state index contributed by atoms with van der Waals surface area (Å²) in [6.07, 6.45) is 6.75. The van der Waals surface area contributed by atoms with Crippen molar-refractivity contribution < 1.29 is 0 Å². The third-order valence-corrected chi connectivity index (χ3v) is 3.98. The Kier molecular flexibility index (Phi) is 3.27. The summed E-state index contributed by atoms with van der Waals surface area (Å²) in [7, 11) is 0. The highest BCUT2D eigenvalue weighted by Crippen LogP contribution is 2.18. The van der Waals surface area contributed by atoms with Crippen molar-refractivity contribution in [2.45, 2.75) is 19.3 Å². The summed E-state index contributed by atoms with van der Waals surface area (Å²) in [5.41, 5.74) is 4.37. The van der Waals surface area contributed by atoms with Gasteiger partial charge in [-0.05, 0) is 55.2 Å². The number of fused-ring (bicyclic) bond motifs is 2. The van der Waals surface area contributed by atoms with Crippen molar-refractivity contribution in [1.29, 1.82) is 0 Å². The van der Waals surface area contributed by atoms with Crippen LogP contribution in [0.4, 0.5) is 0 Å². The van der Waals surface area contributed by atoms with Gasteiger partial charge in [-0.3, -0.25) is 5.10 Å². The normalized spacial score (nSPS) is 11.3. The predicted octanol–water partition coefficient (Wildman–Crippen LogP) is 3.68. The van der Waals surface area contributed by atoms with Crippen LogP contribution in [-0.4, -0.2) is 20.2 Å². The second-order valence-corrected chi connectivity index (χ2v) is 5.45. The van der Waals surface area contributed by atoms with Crippen LogP contribution in [0.2, 0.25) is 0 Å². The average Bonchev–Trinajstić information content (AvgIpc) is 3.04. The summed E-state index contributed by atoms with van der Waals surface area (Å²) < 4.78 is 0. The zero-order valence-electron chi connectivity index (χ0n) is 12.2. The van der Waals surface area contributed by atoms with Crippen molar-refractivity contribution in [1.82, 2.24) is 20.2 Å². The number of aromatic nitrogens is 4. The Labute approximate surface area is 128 Å². The number of aryl methyl sites for hydroxylation is 2. The molecule has 0 spiro atoms. The van der Waals surface area contributed by atoms with E-state index < -0.39 is 0 Å². The molecule has 4 aromatic rings. The monoisotopic (exact) mass is 288 g/mol. The number of benzene rings is 1. The first kappa shape index (κ1) is 13.0. The van der Waals surface area contributed by atoms with Crippen LogP contribution in [0.25, 0.3) is 21.9 Å². The fourth-order valence-electron chi connectivity index (χ4n) is 2.84. The number of H-pyrrole nitrogens is 1. The second-order valence-electron chi connectivity index (χ2n) is 5.45. The molecule has 0 atom stereocenters. The van der Waals surface area contributed by atoms with Gasteiger partial charge in [0.15, 0.2) is 5.65 Å². The van der Waals surface area contributed by atoms with Crippen LogP contribution in [0.5, 0.6) is 0 Å². The standard InChI is InChI=1S/C18H16N4/c1(4-13-5-2-8-17-16(13)12-20-22-17)7-15-10-9-14-6-3-11-19-18(14)21-15/h2-3,5-6,8-12H,1,4,7H2,(H,20,22). The number of nitrogens with zero attached hydrogens (tertiary/aromatic N) is 3. The Morgan fingerprint density at radius 2 is 1.95 bits per heavy atom. The van der Waals surface area contributed by atoms with E-state index in [0.29, 0.717) is 0 Å². The lowest BCUT2D eigenvalue weighted by molar-refractivity contribution is 0.805. The lowest BCUT2D eigenvalue weighted by atomic mass is 10.0. The highest BCUT2D eigenvalue weighted by molar-refractivity contribution is 5.81. The van der Waals surface area contributed by atoms with Crippen molar-refractivity contribution in [2.75, 3.05) is 0 Å². The van der Waals surface area contributed by atoms with Gasteiger partial charge in [0, 0.05) is 22.7 Å². The van der Waals surface area contributed by atoms with Crippen LogP contribution in [0.1, 0.15) is 17.7 Å². The number of nitrogens with one attached hydrogen (secondary N) is 1. The van der Waals surface area contributed by atoms with Gasteiger partial charge in [0.1, 0.15) is 0 Å². The molecule has 3 aromatic heterocycles. The van der Waals surface area contributed by atoms with E-state index in [9.17, 15) is 0 Å². The van der Waals surface area contributed by atoms with Gasteiger partial charge in [0.2, 0.25) is 0 Å². The molecule has 22 heavy (non-hydrogen) atoms. The molecule has 4 rings (SSSR count). The van der Waals surface area contributed by atoms with Gasteiger partial charge < -0.3 is 0 Å². The molecule has 1 N–H and O–H groups in total. The van der Waals surface area contributed by atoms with Crippen LogP contribution in [0, 0.1) is 0 Å². The average molecular weight is 288 g/mol. The van der Waals surface area contributed by atoms with Gasteiger partial charge in [0.05, 0.1) is 11.7 Å². The zero-order chi connectivity index (χ0) is 14.8. The molecule has 0 aliphatic rings. The number of pyridine rings is 2. The molecule has 0 unspecified atom stereocenters. The molecule has 3 heterocycles. The van der Waals surface area contributed by atoms with Gasteiger partial charge in [-0.15, -0.1) is 0 Å². The van der Waals surface area contributed by atoms with Crippen LogP contribution >= 0.6 is 0 Å². The summed E-state index contributed by atoms with van der Waals surface area (Å²) in [5.74, 6) is 0. The quantitative estimate of drug-likeness (QED) is 0.623. The molecule has 4 heteroatoms. The van der Waals surface area contributed by atoms with Gasteiger partial charge in [-0.2, -0.15) is 5.10 Å². The third kappa shape index (κ3) is 2.44. The van der Waals surface area contributed by atoms with Gasteiger partial charge in [0.25, 0.3) is 0 Å². The first-order valence-corrected chi connectivity index (χ1v) is 7.52. The molecule has 0 saturated carbocycles. The molecule has 0 saturated heterocycles. The number of hydrogen-bond donors (Lipinski definition) is 1. The minimum Gasteiger partial charge on any atom is -0.278 e. The second kappa shape index (κ2) is 5.56. The molecule has 0 aliphatic carbocycles. The van der Waals surface area contributed by atoms with E-state index >= 15 is 0 Å². The highest BCUT2D eigenvalue weighted by atomic mass is 15.1. The number of hydrogen-bond acceptors (Lipinski definition) is 3. The van der Waals surface area contributed by atoms with Gasteiger partial charge >= 0.3 is 0 Å². The maximum absolute atomic E-state index is 4.63. The highest BCUT2D eigenvalue weighted by Gasteiger charge is 2.04. The van der Waals surface area contributed by atoms with Gasteiger partial charge in [-0.1, -0.05) is 12.1 Å². The fraction of sp³-hybridized carbons (Fsp3) is 0.167. The molecular formula is C18H16N4. The SMILES string of the molecule is c1cnc2nc(CCCc3cccc4[nH]ncc34)ccc2c1. The van der Waals surface area contributed by atoms with Crippen molar-refractivity contribution in [3.05, 3.63) is 66.1 Å². The third-order valence-electron chi connectivity index (χ3n) is 3.98. The van der Waals surface area contributed by atoms with E-state index in [0.717, 1.165) is 41.5 Å². The van der Waals surface area contributed by atoms with E-state index in [2.05, 4.69) is 50.5 Å². The van der Waals surface area contributed by atoms with Crippen molar-refractivity contribution in [2.24, 2.45) is 0 Å². The Morgan fingerprint density at radius 1 is 0.955 bits per heavy atom. The van der Waals surface area contributed by atoms with E-state index in [-0.39, 0.29) is 0 Å².